The van der Waals surface area contributed by atoms with E-state index >= 15 is 0 Å². The zero-order valence-corrected chi connectivity index (χ0v) is 20.3. The Bertz CT molecular complexity index is 1200. The van der Waals surface area contributed by atoms with Crippen LogP contribution in [0.5, 0.6) is 5.75 Å². The topological polar surface area (TPSA) is 84.0 Å². The first-order valence-electron chi connectivity index (χ1n) is 12.3. The van der Waals surface area contributed by atoms with Crippen LogP contribution in [0, 0.1) is 37.5 Å². The number of benzene rings is 2. The lowest BCUT2D eigenvalue weighted by Gasteiger charge is -2.25. The molecule has 2 heterocycles. The van der Waals surface area contributed by atoms with Gasteiger partial charge in [-0.15, -0.1) is 0 Å². The molecule has 4 atom stereocenters. The number of aryl methyl sites for hydroxylation is 2. The largest absolute Gasteiger partial charge is 0.426 e. The number of anilines is 2. The molecule has 35 heavy (non-hydrogen) atoms. The number of amides is 3. The van der Waals surface area contributed by atoms with Crippen molar-refractivity contribution in [2.75, 3.05) is 16.3 Å². The monoisotopic (exact) mass is 474 g/mol. The zero-order valence-electron chi connectivity index (χ0n) is 20.3. The van der Waals surface area contributed by atoms with Crippen LogP contribution in [0.15, 0.2) is 42.5 Å². The van der Waals surface area contributed by atoms with Crippen molar-refractivity contribution in [3.63, 3.8) is 0 Å². The van der Waals surface area contributed by atoms with Crippen LogP contribution in [0.3, 0.4) is 0 Å². The van der Waals surface area contributed by atoms with E-state index in [4.69, 9.17) is 4.74 Å². The molecule has 182 valence electrons. The lowest BCUT2D eigenvalue weighted by molar-refractivity contribution is -0.139. The number of esters is 1. The summed E-state index contributed by atoms with van der Waals surface area (Å²) in [6, 6.07) is 12.5. The normalized spacial score (nSPS) is 26.3. The highest BCUT2D eigenvalue weighted by molar-refractivity contribution is 6.22. The molecular weight excluding hydrogens is 444 g/mol. The van der Waals surface area contributed by atoms with Gasteiger partial charge in [-0.1, -0.05) is 19.1 Å². The molecule has 3 aliphatic rings. The van der Waals surface area contributed by atoms with Gasteiger partial charge in [0.25, 0.3) is 0 Å². The van der Waals surface area contributed by atoms with E-state index in [2.05, 4.69) is 6.92 Å². The Kier molecular flexibility index (Phi) is 5.95. The molecule has 5 rings (SSSR count). The van der Waals surface area contributed by atoms with E-state index in [9.17, 15) is 19.2 Å². The minimum Gasteiger partial charge on any atom is -0.426 e. The van der Waals surface area contributed by atoms with Gasteiger partial charge >= 0.3 is 5.97 Å². The Labute approximate surface area is 205 Å². The Balaban J connectivity index is 1.29. The fourth-order valence-corrected chi connectivity index (χ4v) is 5.75. The molecule has 7 nitrogen and oxygen atoms in total. The van der Waals surface area contributed by atoms with Crippen LogP contribution in [0.1, 0.15) is 43.7 Å². The van der Waals surface area contributed by atoms with Crippen molar-refractivity contribution >= 4 is 35.1 Å². The number of carbonyl (C=O) groups excluding carboxylic acids is 4. The molecule has 3 amide bonds. The third-order valence-corrected chi connectivity index (χ3v) is 7.46. The van der Waals surface area contributed by atoms with Gasteiger partial charge in [-0.05, 0) is 74.4 Å². The smallest absolute Gasteiger partial charge is 0.316 e. The fourth-order valence-electron chi connectivity index (χ4n) is 5.75. The lowest BCUT2D eigenvalue weighted by Crippen LogP contribution is -2.31. The molecule has 0 unspecified atom stereocenters. The average molecular weight is 475 g/mol. The lowest BCUT2D eigenvalue weighted by atomic mass is 9.76. The summed E-state index contributed by atoms with van der Waals surface area (Å²) in [7, 11) is 0. The molecule has 0 N–H and O–H groups in total. The van der Waals surface area contributed by atoms with Crippen LogP contribution in [-0.2, 0) is 19.2 Å². The quantitative estimate of drug-likeness (QED) is 0.377. The molecule has 2 saturated heterocycles. The first kappa shape index (κ1) is 23.3. The molecular formula is C28H30N2O5. The average Bonchev–Trinajstić information content (AvgIpc) is 3.31. The van der Waals surface area contributed by atoms with Gasteiger partial charge in [0.05, 0.1) is 23.4 Å². The molecule has 2 aromatic carbocycles. The number of fused-ring (bicyclic) bond motifs is 1. The van der Waals surface area contributed by atoms with Gasteiger partial charge in [-0.2, -0.15) is 0 Å². The predicted octanol–water partition coefficient (Wildman–Crippen LogP) is 4.19. The maximum Gasteiger partial charge on any atom is 0.316 e. The van der Waals surface area contributed by atoms with Crippen molar-refractivity contribution in [2.45, 2.75) is 46.5 Å². The number of nitrogens with zero attached hydrogens (tertiary/aromatic N) is 2. The van der Waals surface area contributed by atoms with Gasteiger partial charge in [0, 0.05) is 24.7 Å². The Morgan fingerprint density at radius 3 is 2.37 bits per heavy atom. The Hall–Kier alpha value is -3.48. The van der Waals surface area contributed by atoms with E-state index in [1.165, 1.54) is 4.90 Å². The van der Waals surface area contributed by atoms with Gasteiger partial charge < -0.3 is 9.64 Å². The standard InChI is InChI=1S/C28H30N2O5/c1-16-7-8-23-24(12-16)27(33)30(26(23)32)20-5-4-6-22(14-20)35-28(34)19-13-25(31)29(15-19)21-10-17(2)9-18(3)11-21/h4-6,9-11,14,16,19,23-24H,7-8,12-13,15H2,1-3H3/t16-,19-,23-,24+/m1/s1. The zero-order chi connectivity index (χ0) is 24.9. The van der Waals surface area contributed by atoms with Crippen LogP contribution in [0.2, 0.25) is 0 Å². The molecule has 1 aliphatic carbocycles. The highest BCUT2D eigenvalue weighted by atomic mass is 16.5. The molecule has 3 fully saturated rings. The van der Waals surface area contributed by atoms with Crippen molar-refractivity contribution in [2.24, 2.45) is 23.7 Å². The first-order valence-corrected chi connectivity index (χ1v) is 12.3. The van der Waals surface area contributed by atoms with Crippen molar-refractivity contribution < 1.29 is 23.9 Å². The van der Waals surface area contributed by atoms with Crippen molar-refractivity contribution in [3.8, 4) is 5.75 Å². The third kappa shape index (κ3) is 4.35. The second-order valence-corrected chi connectivity index (χ2v) is 10.3. The molecule has 2 aliphatic heterocycles. The summed E-state index contributed by atoms with van der Waals surface area (Å²) in [5.74, 6) is -1.37. The number of hydrogen-bond acceptors (Lipinski definition) is 5. The molecule has 2 aromatic rings. The van der Waals surface area contributed by atoms with E-state index in [1.54, 1.807) is 29.2 Å². The van der Waals surface area contributed by atoms with E-state index in [0.717, 1.165) is 36.1 Å². The van der Waals surface area contributed by atoms with Crippen molar-refractivity contribution in [3.05, 3.63) is 53.6 Å². The van der Waals surface area contributed by atoms with E-state index < -0.39 is 11.9 Å². The minimum absolute atomic E-state index is 0.0795. The Morgan fingerprint density at radius 1 is 0.914 bits per heavy atom. The highest BCUT2D eigenvalue weighted by Crippen LogP contribution is 2.42. The number of hydrogen-bond donors (Lipinski definition) is 0. The SMILES string of the molecule is Cc1cc(C)cc(N2C[C@H](C(=O)Oc3cccc(N4C(=O)[C@H]5C[C@H](C)CC[C@H]5C4=O)c3)CC2=O)c1. The number of carbonyl (C=O) groups is 4. The maximum absolute atomic E-state index is 13.0. The summed E-state index contributed by atoms with van der Waals surface area (Å²) >= 11 is 0. The summed E-state index contributed by atoms with van der Waals surface area (Å²) in [4.78, 5) is 54.5. The Morgan fingerprint density at radius 2 is 1.63 bits per heavy atom. The van der Waals surface area contributed by atoms with Gasteiger partial charge in [-0.3, -0.25) is 19.2 Å². The summed E-state index contributed by atoms with van der Waals surface area (Å²) in [5.41, 5.74) is 3.31. The summed E-state index contributed by atoms with van der Waals surface area (Å²) in [5, 5.41) is 0. The number of ether oxygens (including phenoxy) is 1. The van der Waals surface area contributed by atoms with Gasteiger partial charge in [0.15, 0.2) is 0 Å². The fraction of sp³-hybridized carbons (Fsp3) is 0.429. The third-order valence-electron chi connectivity index (χ3n) is 7.46. The minimum atomic E-state index is -0.591. The molecule has 0 aromatic heterocycles. The summed E-state index contributed by atoms with van der Waals surface area (Å²) in [6.45, 7) is 6.32. The van der Waals surface area contributed by atoms with Gasteiger partial charge in [0.1, 0.15) is 5.75 Å². The summed E-state index contributed by atoms with van der Waals surface area (Å²) in [6.07, 6.45) is 2.49. The molecule has 0 spiro atoms. The van der Waals surface area contributed by atoms with Crippen LogP contribution in [0.4, 0.5) is 11.4 Å². The van der Waals surface area contributed by atoms with E-state index in [0.29, 0.717) is 11.6 Å². The summed E-state index contributed by atoms with van der Waals surface area (Å²) < 4.78 is 5.62. The number of rotatable bonds is 4. The molecule has 0 radical (unpaired) electrons. The van der Waals surface area contributed by atoms with Crippen molar-refractivity contribution in [1.82, 2.24) is 0 Å². The second-order valence-electron chi connectivity index (χ2n) is 10.3. The number of imide groups is 1. The highest BCUT2D eigenvalue weighted by Gasteiger charge is 2.50. The molecule has 7 heteroatoms. The predicted molar refractivity (Wildman–Crippen MR) is 131 cm³/mol. The van der Waals surface area contributed by atoms with Crippen LogP contribution in [-0.4, -0.2) is 30.2 Å². The van der Waals surface area contributed by atoms with Crippen molar-refractivity contribution in [1.29, 1.82) is 0 Å². The van der Waals surface area contributed by atoms with Crippen LogP contribution >= 0.6 is 0 Å². The van der Waals surface area contributed by atoms with E-state index in [-0.39, 0.29) is 48.3 Å². The van der Waals surface area contributed by atoms with Gasteiger partial charge in [0.2, 0.25) is 17.7 Å². The van der Waals surface area contributed by atoms with E-state index in [1.807, 2.05) is 32.0 Å². The maximum atomic E-state index is 13.0. The van der Waals surface area contributed by atoms with Crippen LogP contribution in [0.25, 0.3) is 0 Å². The first-order chi connectivity index (χ1) is 16.7. The second kappa shape index (κ2) is 8.95. The van der Waals surface area contributed by atoms with Crippen LogP contribution < -0.4 is 14.5 Å². The molecule has 0 bridgehead atoms. The molecule has 1 saturated carbocycles. The van der Waals surface area contributed by atoms with Gasteiger partial charge in [-0.25, -0.2) is 4.90 Å².